The van der Waals surface area contributed by atoms with Gasteiger partial charge in [-0.1, -0.05) is 41.9 Å². The van der Waals surface area contributed by atoms with Crippen LogP contribution in [0.15, 0.2) is 77.9 Å². The zero-order valence-corrected chi connectivity index (χ0v) is 28.3. The summed E-state index contributed by atoms with van der Waals surface area (Å²) in [4.78, 5) is 30.7. The molecule has 0 fully saturated rings. The Labute approximate surface area is 288 Å². The summed E-state index contributed by atoms with van der Waals surface area (Å²) in [5, 5.41) is 16.5. The molecule has 6 aromatic rings. The number of phenolic OH excluding ortho intramolecular Hbond substituents is 1. The highest BCUT2D eigenvalue weighted by Crippen LogP contribution is 2.31. The molecule has 12 nitrogen and oxygen atoms in total. The second-order valence-electron chi connectivity index (χ2n) is 11.8. The number of halogens is 1. The first-order valence-corrected chi connectivity index (χ1v) is 16.5. The van der Waals surface area contributed by atoms with E-state index in [0.717, 1.165) is 42.7 Å². The molecular weight excluding hydrogens is 644 g/mol. The molecule has 13 heteroatoms. The molecule has 0 spiro atoms. The van der Waals surface area contributed by atoms with E-state index < -0.39 is 0 Å². The molecule has 3 heterocycles. The lowest BCUT2D eigenvalue weighted by Crippen LogP contribution is -2.32. The number of aromatic nitrogens is 6. The number of nitrogen functional groups attached to an aromatic ring is 1. The van der Waals surface area contributed by atoms with Crippen LogP contribution in [0.1, 0.15) is 23.4 Å². The fourth-order valence-electron chi connectivity index (χ4n) is 6.03. The van der Waals surface area contributed by atoms with Crippen LogP contribution in [0, 0.1) is 0 Å². The van der Waals surface area contributed by atoms with E-state index in [-0.39, 0.29) is 30.2 Å². The molecule has 0 saturated carbocycles. The molecule has 0 amide bonds. The predicted molar refractivity (Wildman–Crippen MR) is 191 cm³/mol. The maximum absolute atomic E-state index is 14.6. The summed E-state index contributed by atoms with van der Waals surface area (Å²) in [5.74, 6) is 0.889. The SMILES string of the molecule is COCCN(CCCc1cccc2nc(Cn3nc(-c4ccc(O)cc4)c4c(N)ncnc43)n(Cc3ccccc3Cl)c(=O)c12)CCOC. The van der Waals surface area contributed by atoms with Gasteiger partial charge >= 0.3 is 0 Å². The van der Waals surface area contributed by atoms with Gasteiger partial charge in [-0.15, -0.1) is 0 Å². The van der Waals surface area contributed by atoms with Gasteiger partial charge in [0, 0.05) is 37.9 Å². The summed E-state index contributed by atoms with van der Waals surface area (Å²) in [6.07, 6.45) is 2.93. The van der Waals surface area contributed by atoms with E-state index in [1.807, 2.05) is 42.5 Å². The number of ether oxygens (including phenoxy) is 2. The van der Waals surface area contributed by atoms with Crippen molar-refractivity contribution in [3.8, 4) is 17.0 Å². The Kier molecular flexibility index (Phi) is 10.8. The minimum Gasteiger partial charge on any atom is -0.508 e. The zero-order valence-electron chi connectivity index (χ0n) is 27.5. The number of phenols is 1. The molecule has 0 bridgehead atoms. The number of aromatic hydroxyl groups is 1. The highest BCUT2D eigenvalue weighted by molar-refractivity contribution is 6.31. The quantitative estimate of drug-likeness (QED) is 0.155. The van der Waals surface area contributed by atoms with Crippen LogP contribution in [0.3, 0.4) is 0 Å². The molecule has 254 valence electrons. The van der Waals surface area contributed by atoms with Crippen molar-refractivity contribution in [2.75, 3.05) is 52.8 Å². The lowest BCUT2D eigenvalue weighted by molar-refractivity contribution is 0.113. The Morgan fingerprint density at radius 3 is 2.35 bits per heavy atom. The predicted octanol–water partition coefficient (Wildman–Crippen LogP) is 4.77. The third-order valence-electron chi connectivity index (χ3n) is 8.57. The first-order valence-electron chi connectivity index (χ1n) is 16.1. The summed E-state index contributed by atoms with van der Waals surface area (Å²) >= 11 is 6.61. The van der Waals surface area contributed by atoms with E-state index in [2.05, 4.69) is 14.9 Å². The van der Waals surface area contributed by atoms with Gasteiger partial charge in [-0.2, -0.15) is 5.10 Å². The average molecular weight is 683 g/mol. The normalized spacial score (nSPS) is 11.7. The van der Waals surface area contributed by atoms with E-state index >= 15 is 0 Å². The maximum atomic E-state index is 14.6. The van der Waals surface area contributed by atoms with E-state index in [0.29, 0.717) is 58.1 Å². The first kappa shape index (κ1) is 34.0. The summed E-state index contributed by atoms with van der Waals surface area (Å²) in [7, 11) is 3.40. The van der Waals surface area contributed by atoms with Crippen molar-refractivity contribution in [2.45, 2.75) is 25.9 Å². The highest BCUT2D eigenvalue weighted by Gasteiger charge is 2.21. The molecule has 3 aromatic carbocycles. The number of methoxy groups -OCH3 is 2. The molecule has 0 radical (unpaired) electrons. The molecule has 49 heavy (non-hydrogen) atoms. The van der Waals surface area contributed by atoms with Crippen LogP contribution in [-0.4, -0.2) is 86.4 Å². The number of benzene rings is 3. The van der Waals surface area contributed by atoms with Crippen molar-refractivity contribution in [3.05, 3.63) is 105 Å². The Hall–Kier alpha value is -4.88. The Balaban J connectivity index is 1.42. The van der Waals surface area contributed by atoms with Crippen LogP contribution in [-0.2, 0) is 29.0 Å². The van der Waals surface area contributed by atoms with Crippen molar-refractivity contribution >= 4 is 39.4 Å². The van der Waals surface area contributed by atoms with Crippen molar-refractivity contribution in [1.82, 2.24) is 34.2 Å². The zero-order chi connectivity index (χ0) is 34.3. The van der Waals surface area contributed by atoms with Crippen LogP contribution in [0.2, 0.25) is 5.02 Å². The van der Waals surface area contributed by atoms with E-state index in [4.69, 9.17) is 36.9 Å². The molecule has 3 aromatic heterocycles. The van der Waals surface area contributed by atoms with Crippen LogP contribution in [0.4, 0.5) is 5.82 Å². The molecular formula is C36H39ClN8O4. The van der Waals surface area contributed by atoms with Crippen molar-refractivity contribution in [2.24, 2.45) is 0 Å². The number of hydrogen-bond donors (Lipinski definition) is 2. The number of anilines is 1. The molecule has 0 aliphatic heterocycles. The largest absolute Gasteiger partial charge is 0.508 e. The lowest BCUT2D eigenvalue weighted by atomic mass is 10.0. The molecule has 3 N–H and O–H groups in total. The van der Waals surface area contributed by atoms with E-state index in [1.54, 1.807) is 47.7 Å². The van der Waals surface area contributed by atoms with Gasteiger partial charge in [0.15, 0.2) is 5.65 Å². The van der Waals surface area contributed by atoms with Gasteiger partial charge in [0.2, 0.25) is 0 Å². The van der Waals surface area contributed by atoms with Gasteiger partial charge in [-0.25, -0.2) is 19.6 Å². The molecule has 0 atom stereocenters. The Morgan fingerprint density at radius 1 is 0.878 bits per heavy atom. The maximum Gasteiger partial charge on any atom is 0.262 e. The summed E-state index contributed by atoms with van der Waals surface area (Å²) in [5.41, 5.74) is 10.3. The second kappa shape index (κ2) is 15.6. The van der Waals surface area contributed by atoms with Gasteiger partial charge < -0.3 is 20.3 Å². The monoisotopic (exact) mass is 682 g/mol. The summed E-state index contributed by atoms with van der Waals surface area (Å²) in [6, 6.07) is 20.0. The Bertz CT molecular complexity index is 2110. The molecule has 0 aliphatic carbocycles. The van der Waals surface area contributed by atoms with Gasteiger partial charge in [0.05, 0.1) is 36.0 Å². The number of nitrogens with two attached hydrogens (primary N) is 1. The fraction of sp³-hybridized carbons (Fsp3) is 0.306. The third-order valence-corrected chi connectivity index (χ3v) is 8.94. The lowest BCUT2D eigenvalue weighted by Gasteiger charge is -2.21. The van der Waals surface area contributed by atoms with Crippen LogP contribution < -0.4 is 11.3 Å². The number of aryl methyl sites for hydroxylation is 1. The summed E-state index contributed by atoms with van der Waals surface area (Å²) in [6.45, 7) is 4.06. The fourth-order valence-corrected chi connectivity index (χ4v) is 6.23. The summed E-state index contributed by atoms with van der Waals surface area (Å²) < 4.78 is 14.0. The molecule has 0 saturated heterocycles. The molecule has 0 unspecified atom stereocenters. The van der Waals surface area contributed by atoms with Gasteiger partial charge in [0.1, 0.15) is 36.0 Å². The minimum atomic E-state index is -0.157. The molecule has 0 aliphatic rings. The average Bonchev–Trinajstić information content (AvgIpc) is 3.47. The molecule has 6 rings (SSSR count). The number of hydrogen-bond acceptors (Lipinski definition) is 10. The number of rotatable bonds is 15. The minimum absolute atomic E-state index is 0.124. The number of fused-ring (bicyclic) bond motifs is 2. The first-order chi connectivity index (χ1) is 23.9. The van der Waals surface area contributed by atoms with Gasteiger partial charge in [-0.05, 0) is 66.9 Å². The topological polar surface area (TPSA) is 146 Å². The third kappa shape index (κ3) is 7.57. The van der Waals surface area contributed by atoms with E-state index in [9.17, 15) is 9.90 Å². The Morgan fingerprint density at radius 2 is 1.61 bits per heavy atom. The van der Waals surface area contributed by atoms with Crippen LogP contribution in [0.25, 0.3) is 33.2 Å². The smallest absolute Gasteiger partial charge is 0.262 e. The second-order valence-corrected chi connectivity index (χ2v) is 12.2. The van der Waals surface area contributed by atoms with Gasteiger partial charge in [0.25, 0.3) is 5.56 Å². The highest BCUT2D eigenvalue weighted by atomic mass is 35.5. The van der Waals surface area contributed by atoms with Crippen molar-refractivity contribution in [1.29, 1.82) is 0 Å². The van der Waals surface area contributed by atoms with Crippen LogP contribution >= 0.6 is 11.6 Å². The van der Waals surface area contributed by atoms with Gasteiger partial charge in [-0.3, -0.25) is 14.3 Å². The van der Waals surface area contributed by atoms with E-state index in [1.165, 1.54) is 6.33 Å². The standard InChI is InChI=1S/C36H39ClN8O4/c1-48-19-17-43(18-20-49-2)16-6-9-24-8-5-11-29-31(24)36(47)44(21-26-7-3-4-10-28(26)37)30(41-29)22-45-35-32(34(38)39-23-40-35)33(42-45)25-12-14-27(46)15-13-25/h3-5,7-8,10-15,23,46H,6,9,16-22H2,1-2H3,(H2,38,39,40). The number of nitrogens with zero attached hydrogens (tertiary/aromatic N) is 7. The van der Waals surface area contributed by atoms with Crippen molar-refractivity contribution in [3.63, 3.8) is 0 Å². The van der Waals surface area contributed by atoms with Crippen molar-refractivity contribution < 1.29 is 14.6 Å². The van der Waals surface area contributed by atoms with Crippen LogP contribution in [0.5, 0.6) is 5.75 Å².